The molecule has 0 fully saturated rings. The maximum absolute atomic E-state index is 12.4. The minimum absolute atomic E-state index is 0.00715. The summed E-state index contributed by atoms with van der Waals surface area (Å²) in [4.78, 5) is 28.5. The molecule has 2 aromatic carbocycles. The monoisotopic (exact) mass is 381 g/mol. The van der Waals surface area contributed by atoms with Crippen LogP contribution in [0.2, 0.25) is 0 Å². The van der Waals surface area contributed by atoms with Crippen LogP contribution in [-0.2, 0) is 6.54 Å². The van der Waals surface area contributed by atoms with E-state index in [4.69, 9.17) is 0 Å². The van der Waals surface area contributed by atoms with Gasteiger partial charge in [0.25, 0.3) is 11.6 Å². The molecule has 6 nitrogen and oxygen atoms in total. The molecule has 0 radical (unpaired) electrons. The van der Waals surface area contributed by atoms with Crippen LogP contribution in [0.25, 0.3) is 10.6 Å². The second-order valence-electron chi connectivity index (χ2n) is 6.28. The summed E-state index contributed by atoms with van der Waals surface area (Å²) in [6.45, 7) is 5.96. The Hall–Kier alpha value is -3.06. The zero-order valence-electron chi connectivity index (χ0n) is 15.3. The predicted octanol–water partition coefficient (Wildman–Crippen LogP) is 4.57. The van der Waals surface area contributed by atoms with E-state index in [1.807, 2.05) is 38.1 Å². The molecule has 0 saturated carbocycles. The molecule has 3 aromatic rings. The zero-order valence-corrected chi connectivity index (χ0v) is 16.1. The molecule has 0 saturated heterocycles. The fourth-order valence-corrected chi connectivity index (χ4v) is 3.88. The summed E-state index contributed by atoms with van der Waals surface area (Å²) in [5.74, 6) is -0.266. The lowest BCUT2D eigenvalue weighted by Gasteiger charge is -2.05. The van der Waals surface area contributed by atoms with E-state index in [1.54, 1.807) is 18.3 Å². The van der Waals surface area contributed by atoms with Crippen LogP contribution in [0.3, 0.4) is 0 Å². The van der Waals surface area contributed by atoms with E-state index in [2.05, 4.69) is 10.3 Å². The average molecular weight is 381 g/mol. The van der Waals surface area contributed by atoms with Gasteiger partial charge in [-0.15, -0.1) is 11.3 Å². The van der Waals surface area contributed by atoms with Crippen LogP contribution in [0.4, 0.5) is 5.69 Å². The molecular weight excluding hydrogens is 362 g/mol. The van der Waals surface area contributed by atoms with Gasteiger partial charge in [0.1, 0.15) is 5.01 Å². The Morgan fingerprint density at radius 1 is 1.15 bits per heavy atom. The van der Waals surface area contributed by atoms with Gasteiger partial charge in [0.05, 0.1) is 17.2 Å². The number of amides is 1. The van der Waals surface area contributed by atoms with Crippen LogP contribution >= 0.6 is 11.3 Å². The maximum atomic E-state index is 12.4. The number of hydrogen-bond donors (Lipinski definition) is 1. The second-order valence-corrected chi connectivity index (χ2v) is 7.37. The molecule has 0 aliphatic heterocycles. The van der Waals surface area contributed by atoms with Gasteiger partial charge in [-0.05, 0) is 38.5 Å². The summed E-state index contributed by atoms with van der Waals surface area (Å²) >= 11 is 1.56. The third-order valence-electron chi connectivity index (χ3n) is 4.33. The van der Waals surface area contributed by atoms with Gasteiger partial charge in [0.15, 0.2) is 0 Å². The molecule has 7 heteroatoms. The largest absolute Gasteiger partial charge is 0.347 e. The van der Waals surface area contributed by atoms with E-state index in [-0.39, 0.29) is 11.6 Å². The highest BCUT2D eigenvalue weighted by Crippen LogP contribution is 2.30. The summed E-state index contributed by atoms with van der Waals surface area (Å²) in [6.07, 6.45) is 0. The van der Waals surface area contributed by atoms with Gasteiger partial charge in [-0.2, -0.15) is 0 Å². The molecule has 27 heavy (non-hydrogen) atoms. The van der Waals surface area contributed by atoms with Crippen LogP contribution in [0.1, 0.15) is 32.1 Å². The standard InChI is InChI=1S/C20H19N3O3S/c1-12-6-4-5-7-16(12)20-22-14(3)18(27-20)11-21-19(24)15-8-9-17(23(25)26)13(2)10-15/h4-10H,11H2,1-3H3,(H,21,24). The fraction of sp³-hybridized carbons (Fsp3) is 0.200. The van der Waals surface area contributed by atoms with Gasteiger partial charge in [-0.3, -0.25) is 14.9 Å². The number of aromatic nitrogens is 1. The molecule has 1 amide bonds. The smallest absolute Gasteiger partial charge is 0.272 e. The number of rotatable bonds is 5. The molecule has 0 atom stereocenters. The summed E-state index contributed by atoms with van der Waals surface area (Å²) in [7, 11) is 0. The lowest BCUT2D eigenvalue weighted by Crippen LogP contribution is -2.22. The molecule has 0 aliphatic rings. The van der Waals surface area contributed by atoms with Crippen molar-refractivity contribution in [1.29, 1.82) is 0 Å². The van der Waals surface area contributed by atoms with E-state index in [0.717, 1.165) is 26.7 Å². The van der Waals surface area contributed by atoms with Crippen molar-refractivity contribution in [3.63, 3.8) is 0 Å². The highest BCUT2D eigenvalue weighted by Gasteiger charge is 2.15. The summed E-state index contributed by atoms with van der Waals surface area (Å²) in [5.41, 5.74) is 4.01. The molecule has 0 spiro atoms. The number of nitro benzene ring substituents is 1. The minimum atomic E-state index is -0.454. The summed E-state index contributed by atoms with van der Waals surface area (Å²) in [5, 5.41) is 14.7. The predicted molar refractivity (Wildman–Crippen MR) is 106 cm³/mol. The van der Waals surface area contributed by atoms with E-state index >= 15 is 0 Å². The Morgan fingerprint density at radius 3 is 2.56 bits per heavy atom. The van der Waals surface area contributed by atoms with Gasteiger partial charge < -0.3 is 5.32 Å². The first kappa shape index (κ1) is 18.7. The van der Waals surface area contributed by atoms with Gasteiger partial charge in [-0.1, -0.05) is 24.3 Å². The van der Waals surface area contributed by atoms with Crippen LogP contribution in [0.5, 0.6) is 0 Å². The Labute approximate surface area is 161 Å². The van der Waals surface area contributed by atoms with Crippen molar-refractivity contribution < 1.29 is 9.72 Å². The maximum Gasteiger partial charge on any atom is 0.272 e. The van der Waals surface area contributed by atoms with E-state index < -0.39 is 4.92 Å². The molecule has 138 valence electrons. The number of nitrogens with one attached hydrogen (secondary N) is 1. The number of carbonyl (C=O) groups is 1. The molecular formula is C20H19N3O3S. The van der Waals surface area contributed by atoms with Crippen LogP contribution in [-0.4, -0.2) is 15.8 Å². The fourth-order valence-electron chi connectivity index (χ4n) is 2.78. The quantitative estimate of drug-likeness (QED) is 0.518. The Kier molecular flexibility index (Phi) is 5.32. The first-order valence-electron chi connectivity index (χ1n) is 8.42. The van der Waals surface area contributed by atoms with Crippen molar-refractivity contribution in [2.75, 3.05) is 0 Å². The third kappa shape index (κ3) is 4.03. The van der Waals surface area contributed by atoms with E-state index in [1.165, 1.54) is 18.2 Å². The highest BCUT2D eigenvalue weighted by molar-refractivity contribution is 7.15. The lowest BCUT2D eigenvalue weighted by molar-refractivity contribution is -0.385. The van der Waals surface area contributed by atoms with Crippen LogP contribution in [0.15, 0.2) is 42.5 Å². The Morgan fingerprint density at radius 2 is 1.89 bits per heavy atom. The van der Waals surface area contributed by atoms with Crippen LogP contribution in [0, 0.1) is 30.9 Å². The van der Waals surface area contributed by atoms with Gasteiger partial charge >= 0.3 is 0 Å². The second kappa shape index (κ2) is 7.67. The normalized spacial score (nSPS) is 10.6. The molecule has 0 aliphatic carbocycles. The minimum Gasteiger partial charge on any atom is -0.347 e. The van der Waals surface area contributed by atoms with Crippen molar-refractivity contribution in [3.05, 3.63) is 79.8 Å². The number of carbonyl (C=O) groups excluding carboxylic acids is 1. The SMILES string of the molecule is Cc1ccccc1-c1nc(C)c(CNC(=O)c2ccc([N+](=O)[O-])c(C)c2)s1. The van der Waals surface area contributed by atoms with E-state index in [0.29, 0.717) is 17.7 Å². The third-order valence-corrected chi connectivity index (χ3v) is 5.52. The summed E-state index contributed by atoms with van der Waals surface area (Å²) in [6, 6.07) is 12.4. The van der Waals surface area contributed by atoms with Crippen molar-refractivity contribution in [2.45, 2.75) is 27.3 Å². The number of nitro groups is 1. The first-order chi connectivity index (χ1) is 12.9. The van der Waals surface area contributed by atoms with Crippen molar-refractivity contribution in [1.82, 2.24) is 10.3 Å². The molecule has 0 unspecified atom stereocenters. The van der Waals surface area contributed by atoms with Crippen molar-refractivity contribution >= 4 is 22.9 Å². The number of aryl methyl sites for hydroxylation is 3. The van der Waals surface area contributed by atoms with Crippen molar-refractivity contribution in [3.8, 4) is 10.6 Å². The molecule has 0 bridgehead atoms. The molecule has 3 rings (SSSR count). The number of hydrogen-bond acceptors (Lipinski definition) is 5. The Balaban J connectivity index is 1.74. The zero-order chi connectivity index (χ0) is 19.6. The summed E-state index contributed by atoms with van der Waals surface area (Å²) < 4.78 is 0. The first-order valence-corrected chi connectivity index (χ1v) is 9.24. The molecule has 1 heterocycles. The van der Waals surface area contributed by atoms with E-state index in [9.17, 15) is 14.9 Å². The van der Waals surface area contributed by atoms with Gasteiger partial charge in [0.2, 0.25) is 0 Å². The number of nitrogens with zero attached hydrogens (tertiary/aromatic N) is 2. The lowest BCUT2D eigenvalue weighted by atomic mass is 10.1. The Bertz CT molecular complexity index is 1030. The van der Waals surface area contributed by atoms with Gasteiger partial charge in [-0.25, -0.2) is 4.98 Å². The molecule has 1 aromatic heterocycles. The van der Waals surface area contributed by atoms with Crippen LogP contribution < -0.4 is 5.32 Å². The van der Waals surface area contributed by atoms with Gasteiger partial charge in [0, 0.05) is 27.6 Å². The number of benzene rings is 2. The number of thiazole rings is 1. The highest BCUT2D eigenvalue weighted by atomic mass is 32.1. The van der Waals surface area contributed by atoms with Crippen molar-refractivity contribution in [2.24, 2.45) is 0 Å². The average Bonchev–Trinajstić information content (AvgIpc) is 3.00. The topological polar surface area (TPSA) is 85.1 Å². The molecule has 1 N–H and O–H groups in total.